The minimum absolute atomic E-state index is 0.00274. The van der Waals surface area contributed by atoms with Crippen LogP contribution in [0.2, 0.25) is 0 Å². The highest BCUT2D eigenvalue weighted by Crippen LogP contribution is 2.46. The van der Waals surface area contributed by atoms with E-state index in [0.29, 0.717) is 42.6 Å². The summed E-state index contributed by atoms with van der Waals surface area (Å²) in [5.41, 5.74) is 7.71. The number of carbonyl (C=O) groups excluding carboxylic acids is 2. The molecule has 0 aliphatic heterocycles. The Bertz CT molecular complexity index is 1240. The fourth-order valence-corrected chi connectivity index (χ4v) is 6.69. The number of carbonyl (C=O) groups is 2. The first-order valence-corrected chi connectivity index (χ1v) is 14.0. The van der Waals surface area contributed by atoms with E-state index < -0.39 is 32.6 Å². The molecule has 39 heavy (non-hydrogen) atoms. The standard InChI is InChI=1S/C27H37FN6O4S/c1-26(2,18-38-23(28)14-30)39(37)27(10-11-27)17-33(3)12-9-21-22(16-35)34(4)32-24(21)25(36)31-15-20-7-5-19(13-29)6-8-20/h5-8,16,23H,9-12,14-15,17-18,30H2,1-4H3,(H,31,36). The third kappa shape index (κ3) is 7.57. The third-order valence-corrected chi connectivity index (χ3v) is 9.30. The third-order valence-electron chi connectivity index (χ3n) is 6.86. The van der Waals surface area contributed by atoms with Crippen LogP contribution in [0.4, 0.5) is 4.39 Å². The van der Waals surface area contributed by atoms with Crippen LogP contribution in [0.1, 0.15) is 64.4 Å². The van der Waals surface area contributed by atoms with Crippen molar-refractivity contribution in [3.8, 4) is 6.07 Å². The second kappa shape index (κ2) is 12.9. The minimum Gasteiger partial charge on any atom is -0.347 e. The fourth-order valence-electron chi connectivity index (χ4n) is 4.53. The van der Waals surface area contributed by atoms with Crippen LogP contribution >= 0.6 is 0 Å². The van der Waals surface area contributed by atoms with Crippen molar-refractivity contribution in [1.29, 1.82) is 5.26 Å². The molecule has 0 bridgehead atoms. The van der Waals surface area contributed by atoms with Crippen molar-refractivity contribution in [2.45, 2.75) is 55.5 Å². The van der Waals surface area contributed by atoms with Crippen molar-refractivity contribution < 1.29 is 22.9 Å². The molecule has 2 aromatic rings. The molecule has 1 aromatic carbocycles. The lowest BCUT2D eigenvalue weighted by Crippen LogP contribution is -2.45. The molecule has 1 saturated carbocycles. The number of aromatic nitrogens is 2. The van der Waals surface area contributed by atoms with Gasteiger partial charge in [0.1, 0.15) is 5.69 Å². The summed E-state index contributed by atoms with van der Waals surface area (Å²) in [6, 6.07) is 8.95. The molecule has 1 aliphatic carbocycles. The highest BCUT2D eigenvalue weighted by molar-refractivity contribution is 7.88. The number of hydrogen-bond acceptors (Lipinski definition) is 8. The Balaban J connectivity index is 1.63. The number of benzene rings is 1. The number of amides is 1. The lowest BCUT2D eigenvalue weighted by Gasteiger charge is -2.32. The van der Waals surface area contributed by atoms with Crippen molar-refractivity contribution in [3.63, 3.8) is 0 Å². The lowest BCUT2D eigenvalue weighted by molar-refractivity contribution is -0.0382. The highest BCUT2D eigenvalue weighted by atomic mass is 32.2. The van der Waals surface area contributed by atoms with Crippen LogP contribution in [0.3, 0.4) is 0 Å². The van der Waals surface area contributed by atoms with E-state index >= 15 is 0 Å². The van der Waals surface area contributed by atoms with Crippen molar-refractivity contribution in [3.05, 3.63) is 52.3 Å². The van der Waals surface area contributed by atoms with Crippen LogP contribution in [0.25, 0.3) is 0 Å². The van der Waals surface area contributed by atoms with Crippen molar-refractivity contribution in [2.24, 2.45) is 12.8 Å². The molecule has 2 unspecified atom stereocenters. The summed E-state index contributed by atoms with van der Waals surface area (Å²) in [5, 5.41) is 16.1. The molecule has 1 amide bonds. The molecular weight excluding hydrogens is 523 g/mol. The summed E-state index contributed by atoms with van der Waals surface area (Å²) in [4.78, 5) is 26.9. The van der Waals surface area contributed by atoms with Crippen LogP contribution in [0, 0.1) is 11.3 Å². The SMILES string of the molecule is CN(CCc1c(C(=O)NCc2ccc(C#N)cc2)nn(C)c1C=O)CC1(S(=O)C(C)(C)COC(F)CN)CC1. The molecule has 3 rings (SSSR count). The number of rotatable bonds is 15. The Kier molecular flexibility index (Phi) is 10.1. The maximum atomic E-state index is 13.5. The summed E-state index contributed by atoms with van der Waals surface area (Å²) >= 11 is 0. The van der Waals surface area contributed by atoms with Gasteiger partial charge in [-0.25, -0.2) is 4.39 Å². The zero-order valence-electron chi connectivity index (χ0n) is 22.9. The molecule has 1 aromatic heterocycles. The van der Waals surface area contributed by atoms with Crippen LogP contribution < -0.4 is 11.1 Å². The summed E-state index contributed by atoms with van der Waals surface area (Å²) in [5.74, 6) is -0.397. The lowest BCUT2D eigenvalue weighted by atomic mass is 10.1. The topological polar surface area (TPSA) is 143 Å². The number of aryl methyl sites for hydroxylation is 1. The van der Waals surface area contributed by atoms with E-state index in [0.717, 1.165) is 18.4 Å². The van der Waals surface area contributed by atoms with Crippen LogP contribution in [0.5, 0.6) is 0 Å². The molecule has 1 aliphatic rings. The van der Waals surface area contributed by atoms with Gasteiger partial charge in [-0.3, -0.25) is 18.5 Å². The van der Waals surface area contributed by atoms with Gasteiger partial charge in [-0.2, -0.15) is 10.4 Å². The maximum Gasteiger partial charge on any atom is 0.272 e. The molecule has 0 radical (unpaired) electrons. The van der Waals surface area contributed by atoms with Crippen molar-refractivity contribution >= 4 is 23.0 Å². The Morgan fingerprint density at radius 3 is 2.64 bits per heavy atom. The highest BCUT2D eigenvalue weighted by Gasteiger charge is 2.53. The second-order valence-corrected chi connectivity index (χ2v) is 13.1. The van der Waals surface area contributed by atoms with E-state index in [4.69, 9.17) is 15.7 Å². The molecule has 2 atom stereocenters. The Hall–Kier alpha value is -2.98. The van der Waals surface area contributed by atoms with E-state index in [1.807, 2.05) is 11.9 Å². The van der Waals surface area contributed by atoms with Crippen molar-refractivity contribution in [2.75, 3.05) is 33.3 Å². The zero-order chi connectivity index (χ0) is 28.8. The van der Waals surface area contributed by atoms with Gasteiger partial charge in [-0.1, -0.05) is 12.1 Å². The Morgan fingerprint density at radius 2 is 2.08 bits per heavy atom. The minimum atomic E-state index is -1.58. The molecule has 1 heterocycles. The van der Waals surface area contributed by atoms with Gasteiger partial charge < -0.3 is 20.7 Å². The average molecular weight is 561 g/mol. The number of nitrogens with two attached hydrogens (primary N) is 1. The van der Waals surface area contributed by atoms with Gasteiger partial charge in [0.15, 0.2) is 12.0 Å². The summed E-state index contributed by atoms with van der Waals surface area (Å²) in [7, 11) is 2.25. The number of likely N-dealkylation sites (N-methyl/N-ethyl adjacent to an activating group) is 1. The summed E-state index contributed by atoms with van der Waals surface area (Å²) in [6.07, 6.45) is 1.09. The molecule has 1 fully saturated rings. The van der Waals surface area contributed by atoms with E-state index in [1.54, 1.807) is 45.2 Å². The van der Waals surface area contributed by atoms with Gasteiger partial charge in [0.05, 0.1) is 27.7 Å². The Morgan fingerprint density at radius 1 is 1.41 bits per heavy atom. The van der Waals surface area contributed by atoms with Gasteiger partial charge in [0.2, 0.25) is 6.36 Å². The molecule has 0 saturated heterocycles. The number of ether oxygens (including phenoxy) is 1. The molecule has 12 heteroatoms. The quantitative estimate of drug-likeness (QED) is 0.314. The molecule has 10 nitrogen and oxygen atoms in total. The number of nitriles is 1. The van der Waals surface area contributed by atoms with E-state index in [1.165, 1.54) is 4.68 Å². The van der Waals surface area contributed by atoms with Gasteiger partial charge in [0.25, 0.3) is 5.91 Å². The largest absolute Gasteiger partial charge is 0.347 e. The second-order valence-electron chi connectivity index (χ2n) is 10.6. The number of nitrogens with one attached hydrogen (secondary N) is 1. The van der Waals surface area contributed by atoms with E-state index in [-0.39, 0.29) is 25.4 Å². The van der Waals surface area contributed by atoms with E-state index in [2.05, 4.69) is 16.5 Å². The van der Waals surface area contributed by atoms with Crippen LogP contribution in [-0.4, -0.2) is 80.2 Å². The predicted molar refractivity (Wildman–Crippen MR) is 146 cm³/mol. The monoisotopic (exact) mass is 560 g/mol. The number of alkyl halides is 1. The first kappa shape index (κ1) is 30.6. The first-order chi connectivity index (χ1) is 18.5. The normalized spacial score (nSPS) is 15.9. The average Bonchev–Trinajstić information content (AvgIpc) is 3.63. The Labute approximate surface area is 231 Å². The molecular formula is C27H37FN6O4S. The number of nitrogens with zero attached hydrogens (tertiary/aromatic N) is 4. The molecule has 3 N–H and O–H groups in total. The summed E-state index contributed by atoms with van der Waals surface area (Å²) < 4.78 is 32.3. The predicted octanol–water partition coefficient (Wildman–Crippen LogP) is 1.84. The number of halogens is 1. The van der Waals surface area contributed by atoms with Crippen LogP contribution in [0.15, 0.2) is 24.3 Å². The van der Waals surface area contributed by atoms with E-state index in [9.17, 15) is 18.2 Å². The number of hydrogen-bond donors (Lipinski definition) is 2. The first-order valence-electron chi connectivity index (χ1n) is 12.8. The number of aldehydes is 1. The summed E-state index contributed by atoms with van der Waals surface area (Å²) in [6.45, 7) is 4.68. The van der Waals surface area contributed by atoms with Gasteiger partial charge in [0, 0.05) is 49.6 Å². The fraction of sp³-hybridized carbons (Fsp3) is 0.556. The molecule has 0 spiro atoms. The van der Waals surface area contributed by atoms with Gasteiger partial charge >= 0.3 is 0 Å². The smallest absolute Gasteiger partial charge is 0.272 e. The van der Waals surface area contributed by atoms with Crippen LogP contribution in [-0.2, 0) is 35.5 Å². The van der Waals surface area contributed by atoms with Crippen molar-refractivity contribution in [1.82, 2.24) is 20.0 Å². The zero-order valence-corrected chi connectivity index (χ0v) is 23.7. The molecule has 212 valence electrons. The van der Waals surface area contributed by atoms with Gasteiger partial charge in [-0.15, -0.1) is 0 Å². The maximum absolute atomic E-state index is 13.5. The van der Waals surface area contributed by atoms with Gasteiger partial charge in [-0.05, 0) is 57.9 Å².